The summed E-state index contributed by atoms with van der Waals surface area (Å²) in [5.41, 5.74) is -2.09. The van der Waals surface area contributed by atoms with E-state index in [2.05, 4.69) is 0 Å². The average molecular weight is 286 g/mol. The van der Waals surface area contributed by atoms with Gasteiger partial charge in [0.15, 0.2) is 0 Å². The third-order valence-electron chi connectivity index (χ3n) is 4.75. The molecule has 1 aliphatic rings. The first kappa shape index (κ1) is 16.6. The minimum atomic E-state index is -1.43. The number of aliphatic carboxylic acids is 1. The minimum Gasteiger partial charge on any atom is -0.480 e. The van der Waals surface area contributed by atoms with Gasteiger partial charge in [0.05, 0.1) is 6.54 Å². The monoisotopic (exact) mass is 286 g/mol. The average Bonchev–Trinajstić information content (AvgIpc) is 2.46. The van der Waals surface area contributed by atoms with Gasteiger partial charge in [-0.25, -0.2) is 4.48 Å². The number of nitrogens with zero attached hydrogens (tertiary/aromatic N) is 1. The third-order valence-corrected chi connectivity index (χ3v) is 4.75. The van der Waals surface area contributed by atoms with Crippen LogP contribution >= 0.6 is 0 Å². The number of quaternary nitrogens is 1. The van der Waals surface area contributed by atoms with E-state index in [-0.39, 0.29) is 25.9 Å². The summed E-state index contributed by atoms with van der Waals surface area (Å²) in [6.07, 6.45) is -0.246. The number of hydrogen-bond donors (Lipinski definition) is 2. The van der Waals surface area contributed by atoms with Crippen molar-refractivity contribution in [2.75, 3.05) is 13.1 Å². The van der Waals surface area contributed by atoms with E-state index in [1.165, 1.54) is 0 Å². The number of carboxylic acids is 1. The van der Waals surface area contributed by atoms with Gasteiger partial charge in [0.2, 0.25) is 5.78 Å². The summed E-state index contributed by atoms with van der Waals surface area (Å²) in [6.45, 7) is 7.00. The summed E-state index contributed by atoms with van der Waals surface area (Å²) in [5, 5.41) is 19.0. The molecule has 6 nitrogen and oxygen atoms in total. The van der Waals surface area contributed by atoms with Crippen LogP contribution in [0.3, 0.4) is 0 Å². The molecule has 0 aromatic carbocycles. The molecule has 2 unspecified atom stereocenters. The highest BCUT2D eigenvalue weighted by molar-refractivity contribution is 6.04. The zero-order valence-corrected chi connectivity index (χ0v) is 12.6. The van der Waals surface area contributed by atoms with Crippen LogP contribution in [0.5, 0.6) is 0 Å². The van der Waals surface area contributed by atoms with Crippen molar-refractivity contribution in [1.82, 2.24) is 0 Å². The largest absolute Gasteiger partial charge is 0.514 e. The fourth-order valence-corrected chi connectivity index (χ4v) is 3.04. The Kier molecular flexibility index (Phi) is 4.29. The lowest BCUT2D eigenvalue weighted by Crippen LogP contribution is -2.65. The van der Waals surface area contributed by atoms with Gasteiger partial charge < -0.3 is 10.2 Å². The van der Waals surface area contributed by atoms with Gasteiger partial charge in [0.1, 0.15) is 17.5 Å². The Morgan fingerprint density at radius 1 is 1.30 bits per heavy atom. The van der Waals surface area contributed by atoms with Gasteiger partial charge in [0, 0.05) is 0 Å². The lowest BCUT2D eigenvalue weighted by molar-refractivity contribution is -0.895. The number of Topliss-reactive ketones (excluding diaryl/α,β-unsaturated/α-hetero) is 1. The first-order valence-electron chi connectivity index (χ1n) is 6.91. The Morgan fingerprint density at radius 2 is 1.85 bits per heavy atom. The molecule has 0 saturated carbocycles. The van der Waals surface area contributed by atoms with Crippen LogP contribution in [0.15, 0.2) is 0 Å². The summed E-state index contributed by atoms with van der Waals surface area (Å²) >= 11 is 0. The summed E-state index contributed by atoms with van der Waals surface area (Å²) in [7, 11) is 0. The molecular weight excluding hydrogens is 262 g/mol. The third kappa shape index (κ3) is 2.32. The van der Waals surface area contributed by atoms with Crippen LogP contribution in [0.25, 0.3) is 0 Å². The number of carbonyl (C=O) groups excluding carboxylic acids is 1. The van der Waals surface area contributed by atoms with E-state index in [0.717, 1.165) is 0 Å². The maximum atomic E-state index is 12.5. The molecule has 0 aliphatic carbocycles. The number of ketones is 1. The van der Waals surface area contributed by atoms with Gasteiger partial charge in [-0.1, -0.05) is 6.92 Å². The fraction of sp³-hybridized carbons (Fsp3) is 0.786. The molecule has 2 N–H and O–H groups in total. The molecule has 1 fully saturated rings. The maximum absolute atomic E-state index is 12.5. The lowest BCUT2D eigenvalue weighted by atomic mass is 9.77. The molecule has 1 heterocycles. The second-order valence-electron chi connectivity index (χ2n) is 6.57. The van der Waals surface area contributed by atoms with Gasteiger partial charge in [-0.2, -0.15) is 4.79 Å². The van der Waals surface area contributed by atoms with Crippen molar-refractivity contribution >= 4 is 17.8 Å². The number of likely N-dealkylation sites (tertiary alicyclic amines) is 1. The van der Waals surface area contributed by atoms with Crippen molar-refractivity contribution in [2.45, 2.75) is 52.5 Å². The Morgan fingerprint density at radius 3 is 2.20 bits per heavy atom. The number of carboxylic acid groups (broad SMARTS) is 2. The van der Waals surface area contributed by atoms with E-state index in [1.807, 2.05) is 0 Å². The van der Waals surface area contributed by atoms with Crippen LogP contribution in [0.1, 0.15) is 47.0 Å². The smallest absolute Gasteiger partial charge is 0.480 e. The molecule has 1 amide bonds. The minimum absolute atomic E-state index is 0.199. The van der Waals surface area contributed by atoms with Gasteiger partial charge in [-0.05, 0) is 40.0 Å². The Bertz CT molecular complexity index is 439. The molecule has 1 saturated heterocycles. The Balaban J connectivity index is 3.31. The number of hydrogen-bond acceptors (Lipinski definition) is 3. The SMILES string of the molecule is CCC1(C(=O)O)CCC[N+](C(=O)O)(C(C)(C)C)CC1=O. The van der Waals surface area contributed by atoms with E-state index in [4.69, 9.17) is 0 Å². The van der Waals surface area contributed by atoms with Gasteiger partial charge in [0.25, 0.3) is 0 Å². The van der Waals surface area contributed by atoms with E-state index >= 15 is 0 Å². The summed E-state index contributed by atoms with van der Waals surface area (Å²) in [6, 6.07) is 0. The molecule has 0 aromatic heterocycles. The highest BCUT2D eigenvalue weighted by Gasteiger charge is 2.56. The zero-order valence-electron chi connectivity index (χ0n) is 12.6. The number of rotatable bonds is 2. The van der Waals surface area contributed by atoms with Crippen molar-refractivity contribution in [1.29, 1.82) is 0 Å². The van der Waals surface area contributed by atoms with Crippen LogP contribution in [-0.4, -0.2) is 51.2 Å². The quantitative estimate of drug-likeness (QED) is 0.599. The number of carbonyl (C=O) groups is 3. The normalized spacial score (nSPS) is 31.7. The fourth-order valence-electron chi connectivity index (χ4n) is 3.04. The van der Waals surface area contributed by atoms with Crippen molar-refractivity contribution in [3.8, 4) is 0 Å². The molecule has 6 heteroatoms. The van der Waals surface area contributed by atoms with Gasteiger partial charge in [-0.15, -0.1) is 0 Å². The van der Waals surface area contributed by atoms with Crippen molar-refractivity contribution in [2.24, 2.45) is 5.41 Å². The predicted molar refractivity (Wildman–Crippen MR) is 72.4 cm³/mol. The van der Waals surface area contributed by atoms with Crippen molar-refractivity contribution < 1.29 is 29.1 Å². The van der Waals surface area contributed by atoms with Crippen LogP contribution in [-0.2, 0) is 9.59 Å². The summed E-state index contributed by atoms with van der Waals surface area (Å²) < 4.78 is -0.402. The van der Waals surface area contributed by atoms with Crippen LogP contribution in [0, 0.1) is 5.41 Å². The maximum Gasteiger partial charge on any atom is 0.514 e. The molecule has 1 rings (SSSR count). The first-order valence-corrected chi connectivity index (χ1v) is 6.91. The standard InChI is InChI=1S/C14H23NO5/c1-5-14(11(17)18)7-6-8-15(12(19)20,9-10(14)16)13(2,3)4/h5-9H2,1-4H3,(H-,17,18,19,20)/p+1. The predicted octanol–water partition coefficient (Wildman–Crippen LogP) is 2.12. The van der Waals surface area contributed by atoms with E-state index in [9.17, 15) is 24.6 Å². The highest BCUT2D eigenvalue weighted by Crippen LogP contribution is 2.38. The van der Waals surface area contributed by atoms with Crippen LogP contribution < -0.4 is 0 Å². The topological polar surface area (TPSA) is 91.7 Å². The molecule has 2 atom stereocenters. The summed E-state index contributed by atoms with van der Waals surface area (Å²) in [4.78, 5) is 35.8. The first-order chi connectivity index (χ1) is 9.03. The van der Waals surface area contributed by atoms with Gasteiger partial charge in [-0.3, -0.25) is 9.59 Å². The van der Waals surface area contributed by atoms with Crippen molar-refractivity contribution in [3.63, 3.8) is 0 Å². The number of amides is 1. The molecule has 0 spiro atoms. The zero-order chi connectivity index (χ0) is 15.8. The second kappa shape index (κ2) is 5.16. The molecular formula is C14H24NO5+. The molecule has 20 heavy (non-hydrogen) atoms. The molecule has 0 aromatic rings. The molecule has 0 bridgehead atoms. The van der Waals surface area contributed by atoms with Crippen molar-refractivity contribution in [3.05, 3.63) is 0 Å². The van der Waals surface area contributed by atoms with Gasteiger partial charge >= 0.3 is 12.1 Å². The Hall–Kier alpha value is -1.43. The Labute approximate surface area is 119 Å². The second-order valence-corrected chi connectivity index (χ2v) is 6.57. The van der Waals surface area contributed by atoms with E-state index in [1.54, 1.807) is 27.7 Å². The van der Waals surface area contributed by atoms with Crippen LogP contribution in [0.4, 0.5) is 4.79 Å². The summed E-state index contributed by atoms with van der Waals surface area (Å²) in [5.74, 6) is -1.60. The molecule has 1 aliphatic heterocycles. The molecule has 114 valence electrons. The lowest BCUT2D eigenvalue weighted by Gasteiger charge is -2.42. The molecule has 0 radical (unpaired) electrons. The highest BCUT2D eigenvalue weighted by atomic mass is 16.4. The van der Waals surface area contributed by atoms with E-state index in [0.29, 0.717) is 6.42 Å². The van der Waals surface area contributed by atoms with Crippen LogP contribution in [0.2, 0.25) is 0 Å². The van der Waals surface area contributed by atoms with E-state index < -0.39 is 33.3 Å².